The Balaban J connectivity index is 1.28. The number of amides is 1. The number of hydrogen-bond donors (Lipinski definition) is 0. The van der Waals surface area contributed by atoms with E-state index in [2.05, 4.69) is 73.1 Å². The van der Waals surface area contributed by atoms with Gasteiger partial charge in [0.2, 0.25) is 0 Å². The van der Waals surface area contributed by atoms with Gasteiger partial charge in [0.25, 0.3) is 5.91 Å². The Bertz CT molecular complexity index is 1090. The Morgan fingerprint density at radius 3 is 2.24 bits per heavy atom. The maximum atomic E-state index is 12.6. The SMILES string of the molecule is Cc1ccc(-c2ccc(N3CCN(C(=O)COc4ccc(C(C)C)cc4)CC3)nn2)cc1C. The van der Waals surface area contributed by atoms with Gasteiger partial charge in [0.05, 0.1) is 5.69 Å². The van der Waals surface area contributed by atoms with Crippen molar-refractivity contribution in [1.82, 2.24) is 15.1 Å². The highest BCUT2D eigenvalue weighted by Gasteiger charge is 2.22. The van der Waals surface area contributed by atoms with Gasteiger partial charge in [0, 0.05) is 31.7 Å². The third-order valence-corrected chi connectivity index (χ3v) is 6.32. The van der Waals surface area contributed by atoms with Crippen LogP contribution < -0.4 is 9.64 Å². The van der Waals surface area contributed by atoms with Crippen LogP contribution in [0.15, 0.2) is 54.6 Å². The van der Waals surface area contributed by atoms with Crippen LogP contribution in [-0.2, 0) is 4.79 Å². The highest BCUT2D eigenvalue weighted by molar-refractivity contribution is 5.78. The Morgan fingerprint density at radius 2 is 1.64 bits per heavy atom. The molecule has 0 atom stereocenters. The van der Waals surface area contributed by atoms with Crippen molar-refractivity contribution in [2.45, 2.75) is 33.6 Å². The molecule has 0 spiro atoms. The number of rotatable bonds is 6. The molecule has 6 nitrogen and oxygen atoms in total. The third-order valence-electron chi connectivity index (χ3n) is 6.32. The van der Waals surface area contributed by atoms with E-state index in [0.717, 1.165) is 35.9 Å². The Labute approximate surface area is 196 Å². The summed E-state index contributed by atoms with van der Waals surface area (Å²) >= 11 is 0. The summed E-state index contributed by atoms with van der Waals surface area (Å²) in [7, 11) is 0. The van der Waals surface area contributed by atoms with Gasteiger partial charge in [-0.15, -0.1) is 10.2 Å². The van der Waals surface area contributed by atoms with Crippen LogP contribution in [0.25, 0.3) is 11.3 Å². The Kier molecular flexibility index (Phi) is 6.92. The zero-order chi connectivity index (χ0) is 23.4. The molecular formula is C27H32N4O2. The first-order chi connectivity index (χ1) is 15.9. The number of carbonyl (C=O) groups excluding carboxylic acids is 1. The highest BCUT2D eigenvalue weighted by Crippen LogP contribution is 2.22. The van der Waals surface area contributed by atoms with Gasteiger partial charge in [0.1, 0.15) is 5.75 Å². The van der Waals surface area contributed by atoms with E-state index in [1.807, 2.05) is 29.2 Å². The van der Waals surface area contributed by atoms with E-state index in [9.17, 15) is 4.79 Å². The lowest BCUT2D eigenvalue weighted by Gasteiger charge is -2.35. The van der Waals surface area contributed by atoms with Gasteiger partial charge < -0.3 is 14.5 Å². The van der Waals surface area contributed by atoms with E-state index in [0.29, 0.717) is 19.0 Å². The number of nitrogens with zero attached hydrogens (tertiary/aromatic N) is 4. The first-order valence-electron chi connectivity index (χ1n) is 11.6. The van der Waals surface area contributed by atoms with Gasteiger partial charge in [-0.3, -0.25) is 4.79 Å². The standard InChI is InChI=1S/C27H32N4O2/c1-19(2)22-7-9-24(10-8-22)33-18-27(32)31-15-13-30(14-16-31)26-12-11-25(28-29-26)23-6-5-20(3)21(4)17-23/h5-12,17,19H,13-16,18H2,1-4H3. The molecule has 0 N–H and O–H groups in total. The molecule has 0 radical (unpaired) electrons. The quantitative estimate of drug-likeness (QED) is 0.556. The van der Waals surface area contributed by atoms with Gasteiger partial charge >= 0.3 is 0 Å². The number of carbonyl (C=O) groups is 1. The molecule has 2 heterocycles. The Hall–Kier alpha value is -3.41. The fourth-order valence-electron chi connectivity index (χ4n) is 3.92. The number of hydrogen-bond acceptors (Lipinski definition) is 5. The third kappa shape index (κ3) is 5.51. The van der Waals surface area contributed by atoms with Crippen molar-refractivity contribution >= 4 is 11.7 Å². The molecule has 1 amide bonds. The molecule has 0 aliphatic carbocycles. The zero-order valence-corrected chi connectivity index (χ0v) is 19.9. The minimum Gasteiger partial charge on any atom is -0.484 e. The van der Waals surface area contributed by atoms with Crippen LogP contribution in [0.5, 0.6) is 5.75 Å². The molecule has 2 aromatic carbocycles. The second-order valence-corrected chi connectivity index (χ2v) is 8.96. The molecule has 1 aromatic heterocycles. The average Bonchev–Trinajstić information content (AvgIpc) is 2.84. The lowest BCUT2D eigenvalue weighted by Crippen LogP contribution is -2.50. The van der Waals surface area contributed by atoms with Crippen LogP contribution in [0, 0.1) is 13.8 Å². The number of anilines is 1. The number of aryl methyl sites for hydroxylation is 2. The first-order valence-corrected chi connectivity index (χ1v) is 11.6. The molecule has 1 saturated heterocycles. The van der Waals surface area contributed by atoms with Gasteiger partial charge in [-0.25, -0.2) is 0 Å². The predicted octanol–water partition coefficient (Wildman–Crippen LogP) is 4.61. The second-order valence-electron chi connectivity index (χ2n) is 8.96. The van der Waals surface area contributed by atoms with Crippen molar-refractivity contribution < 1.29 is 9.53 Å². The van der Waals surface area contributed by atoms with Crippen molar-refractivity contribution in [2.24, 2.45) is 0 Å². The predicted molar refractivity (Wildman–Crippen MR) is 132 cm³/mol. The van der Waals surface area contributed by atoms with E-state index >= 15 is 0 Å². The van der Waals surface area contributed by atoms with Crippen molar-refractivity contribution in [3.63, 3.8) is 0 Å². The van der Waals surface area contributed by atoms with Crippen molar-refractivity contribution in [1.29, 1.82) is 0 Å². The van der Waals surface area contributed by atoms with E-state index in [1.54, 1.807) is 0 Å². The summed E-state index contributed by atoms with van der Waals surface area (Å²) in [6, 6.07) is 18.3. The van der Waals surface area contributed by atoms with Crippen LogP contribution in [0.2, 0.25) is 0 Å². The second kappa shape index (κ2) is 10.0. The molecule has 0 bridgehead atoms. The van der Waals surface area contributed by atoms with Crippen molar-refractivity contribution in [2.75, 3.05) is 37.7 Å². The van der Waals surface area contributed by atoms with E-state index in [1.165, 1.54) is 16.7 Å². The molecule has 0 saturated carbocycles. The first kappa shape index (κ1) is 22.8. The normalized spacial score (nSPS) is 14.0. The molecule has 0 unspecified atom stereocenters. The van der Waals surface area contributed by atoms with Crippen LogP contribution in [0.3, 0.4) is 0 Å². The molecule has 4 rings (SSSR count). The van der Waals surface area contributed by atoms with Crippen LogP contribution in [0.1, 0.15) is 36.5 Å². The van der Waals surface area contributed by atoms with Gasteiger partial charge in [-0.1, -0.05) is 38.1 Å². The fraction of sp³-hybridized carbons (Fsp3) is 0.370. The summed E-state index contributed by atoms with van der Waals surface area (Å²) in [5, 5.41) is 8.88. The summed E-state index contributed by atoms with van der Waals surface area (Å²) < 4.78 is 5.71. The molecular weight excluding hydrogens is 412 g/mol. The average molecular weight is 445 g/mol. The lowest BCUT2D eigenvalue weighted by atomic mass is 10.0. The summed E-state index contributed by atoms with van der Waals surface area (Å²) in [6.45, 7) is 11.3. The highest BCUT2D eigenvalue weighted by atomic mass is 16.5. The summed E-state index contributed by atoms with van der Waals surface area (Å²) in [5.74, 6) is 2.06. The number of aromatic nitrogens is 2. The number of benzene rings is 2. The molecule has 1 aliphatic rings. The molecule has 1 aliphatic heterocycles. The van der Waals surface area contributed by atoms with Gasteiger partial charge in [-0.05, 0) is 66.8 Å². The van der Waals surface area contributed by atoms with Gasteiger partial charge in [0.15, 0.2) is 12.4 Å². The minimum atomic E-state index is 0.0127. The smallest absolute Gasteiger partial charge is 0.260 e. The molecule has 6 heteroatoms. The fourth-order valence-corrected chi connectivity index (χ4v) is 3.92. The molecule has 3 aromatic rings. The maximum Gasteiger partial charge on any atom is 0.260 e. The number of ether oxygens (including phenoxy) is 1. The summed E-state index contributed by atoms with van der Waals surface area (Å²) in [6.07, 6.45) is 0. The summed E-state index contributed by atoms with van der Waals surface area (Å²) in [5.41, 5.74) is 5.72. The molecule has 172 valence electrons. The van der Waals surface area contributed by atoms with Crippen molar-refractivity contribution in [3.05, 3.63) is 71.3 Å². The van der Waals surface area contributed by atoms with E-state index in [-0.39, 0.29) is 12.5 Å². The van der Waals surface area contributed by atoms with Crippen LogP contribution in [0.4, 0.5) is 5.82 Å². The number of piperazine rings is 1. The summed E-state index contributed by atoms with van der Waals surface area (Å²) in [4.78, 5) is 16.6. The van der Waals surface area contributed by atoms with Gasteiger partial charge in [-0.2, -0.15) is 0 Å². The minimum absolute atomic E-state index is 0.0127. The van der Waals surface area contributed by atoms with Crippen LogP contribution in [-0.4, -0.2) is 53.8 Å². The van der Waals surface area contributed by atoms with E-state index < -0.39 is 0 Å². The maximum absolute atomic E-state index is 12.6. The molecule has 1 fully saturated rings. The lowest BCUT2D eigenvalue weighted by molar-refractivity contribution is -0.133. The van der Waals surface area contributed by atoms with Crippen LogP contribution >= 0.6 is 0 Å². The Morgan fingerprint density at radius 1 is 0.909 bits per heavy atom. The topological polar surface area (TPSA) is 58.6 Å². The zero-order valence-electron chi connectivity index (χ0n) is 19.9. The van der Waals surface area contributed by atoms with E-state index in [4.69, 9.17) is 4.74 Å². The molecule has 33 heavy (non-hydrogen) atoms. The monoisotopic (exact) mass is 444 g/mol. The largest absolute Gasteiger partial charge is 0.484 e. The van der Waals surface area contributed by atoms with Crippen molar-refractivity contribution in [3.8, 4) is 17.0 Å².